The molecule has 0 saturated carbocycles. The number of hydrogen-bond acceptors (Lipinski definition) is 5. The number of nitrogens with one attached hydrogen (secondary N) is 2. The number of anilines is 2. The Morgan fingerprint density at radius 3 is 2.84 bits per heavy atom. The summed E-state index contributed by atoms with van der Waals surface area (Å²) in [6.45, 7) is 3.34. The van der Waals surface area contributed by atoms with Crippen molar-refractivity contribution in [1.82, 2.24) is 14.9 Å². The Morgan fingerprint density at radius 2 is 2.16 bits per heavy atom. The second kappa shape index (κ2) is 5.73. The fraction of sp³-hybridized carbons (Fsp3) is 0.583. The van der Waals surface area contributed by atoms with Gasteiger partial charge in [-0.05, 0) is 26.2 Å². The first-order chi connectivity index (χ1) is 9.09. The monoisotopic (exact) mass is 265 g/mol. The van der Waals surface area contributed by atoms with E-state index < -0.39 is 11.6 Å². The normalized spacial score (nSPS) is 17.0. The third-order valence-electron chi connectivity index (χ3n) is 3.28. The maximum atomic E-state index is 12.2. The average molecular weight is 265 g/mol. The van der Waals surface area contributed by atoms with Crippen LogP contribution in [0.25, 0.3) is 0 Å². The number of nitrogen functional groups attached to an aromatic ring is 1. The molecule has 1 atom stereocenters. The highest BCUT2D eigenvalue weighted by molar-refractivity contribution is 5.84. The maximum absolute atomic E-state index is 12.2. The lowest BCUT2D eigenvalue weighted by atomic mass is 10.1. The zero-order valence-electron chi connectivity index (χ0n) is 11.0. The first kappa shape index (κ1) is 13.4. The number of hydrogen-bond donors (Lipinski definition) is 3. The summed E-state index contributed by atoms with van der Waals surface area (Å²) in [4.78, 5) is 31.7. The molecule has 1 saturated heterocycles. The van der Waals surface area contributed by atoms with Crippen LogP contribution in [0, 0.1) is 0 Å². The molecule has 0 spiro atoms. The third-order valence-corrected chi connectivity index (χ3v) is 3.28. The molecular weight excluding hydrogens is 246 g/mol. The third kappa shape index (κ3) is 3.04. The Labute approximate surface area is 111 Å². The Morgan fingerprint density at radius 1 is 1.47 bits per heavy atom. The molecule has 1 fully saturated rings. The van der Waals surface area contributed by atoms with Gasteiger partial charge in [0.15, 0.2) is 5.82 Å². The van der Waals surface area contributed by atoms with Gasteiger partial charge in [-0.2, -0.15) is 0 Å². The van der Waals surface area contributed by atoms with Crippen molar-refractivity contribution in [3.63, 3.8) is 0 Å². The van der Waals surface area contributed by atoms with Crippen LogP contribution in [0.3, 0.4) is 0 Å². The summed E-state index contributed by atoms with van der Waals surface area (Å²) < 4.78 is 0. The first-order valence-corrected chi connectivity index (χ1v) is 6.48. The topological polar surface area (TPSA) is 104 Å². The summed E-state index contributed by atoms with van der Waals surface area (Å²) in [7, 11) is 0. The van der Waals surface area contributed by atoms with Crippen LogP contribution < -0.4 is 16.6 Å². The number of carbonyl (C=O) groups is 1. The van der Waals surface area contributed by atoms with E-state index in [2.05, 4.69) is 15.3 Å². The van der Waals surface area contributed by atoms with E-state index in [0.717, 1.165) is 25.9 Å². The van der Waals surface area contributed by atoms with Gasteiger partial charge in [-0.3, -0.25) is 9.59 Å². The molecule has 1 amide bonds. The number of H-pyrrole nitrogens is 1. The van der Waals surface area contributed by atoms with Crippen molar-refractivity contribution < 1.29 is 4.79 Å². The molecule has 4 N–H and O–H groups in total. The van der Waals surface area contributed by atoms with E-state index in [0.29, 0.717) is 0 Å². The number of likely N-dealkylation sites (tertiary alicyclic amines) is 1. The number of nitrogens with zero attached hydrogens (tertiary/aromatic N) is 2. The molecule has 1 aromatic rings. The zero-order chi connectivity index (χ0) is 13.8. The summed E-state index contributed by atoms with van der Waals surface area (Å²) in [5.41, 5.74) is 5.21. The van der Waals surface area contributed by atoms with Gasteiger partial charge in [-0.1, -0.05) is 0 Å². The number of piperidine rings is 1. The summed E-state index contributed by atoms with van der Waals surface area (Å²) in [6.07, 6.45) is 4.53. The predicted molar refractivity (Wildman–Crippen MR) is 72.8 cm³/mol. The van der Waals surface area contributed by atoms with Gasteiger partial charge in [-0.25, -0.2) is 4.98 Å². The predicted octanol–water partition coefficient (Wildman–Crippen LogP) is 0.165. The van der Waals surface area contributed by atoms with Crippen molar-refractivity contribution in [3.05, 3.63) is 16.7 Å². The number of aromatic amines is 1. The average Bonchev–Trinajstić information content (AvgIpc) is 2.44. The van der Waals surface area contributed by atoms with Crippen LogP contribution in [-0.4, -0.2) is 39.9 Å². The molecule has 19 heavy (non-hydrogen) atoms. The number of aromatic nitrogens is 2. The van der Waals surface area contributed by atoms with E-state index in [4.69, 9.17) is 5.73 Å². The molecule has 1 aliphatic heterocycles. The van der Waals surface area contributed by atoms with Gasteiger partial charge in [0.1, 0.15) is 11.7 Å². The lowest BCUT2D eigenvalue weighted by Gasteiger charge is -2.29. The van der Waals surface area contributed by atoms with Gasteiger partial charge in [0, 0.05) is 13.1 Å². The molecule has 104 valence electrons. The summed E-state index contributed by atoms with van der Waals surface area (Å²) in [5.74, 6) is 0.266. The van der Waals surface area contributed by atoms with Crippen molar-refractivity contribution in [3.8, 4) is 0 Å². The van der Waals surface area contributed by atoms with Crippen molar-refractivity contribution in [2.75, 3.05) is 24.1 Å². The summed E-state index contributed by atoms with van der Waals surface area (Å²) in [6, 6.07) is -0.449. The van der Waals surface area contributed by atoms with E-state index in [1.807, 2.05) is 4.90 Å². The van der Waals surface area contributed by atoms with E-state index >= 15 is 0 Å². The van der Waals surface area contributed by atoms with E-state index in [-0.39, 0.29) is 17.4 Å². The van der Waals surface area contributed by atoms with E-state index in [1.54, 1.807) is 6.92 Å². The van der Waals surface area contributed by atoms with Gasteiger partial charge in [0.2, 0.25) is 5.91 Å². The molecule has 1 aliphatic rings. The molecule has 2 heterocycles. The number of carbonyl (C=O) groups excluding carboxylic acids is 1. The van der Waals surface area contributed by atoms with E-state index in [1.165, 1.54) is 12.7 Å². The second-order valence-corrected chi connectivity index (χ2v) is 4.75. The minimum absolute atomic E-state index is 0.000735. The van der Waals surface area contributed by atoms with Crippen LogP contribution in [0.15, 0.2) is 11.1 Å². The lowest BCUT2D eigenvalue weighted by Crippen LogP contribution is -2.44. The fourth-order valence-electron chi connectivity index (χ4n) is 2.18. The molecule has 7 heteroatoms. The Hall–Kier alpha value is -2.05. The summed E-state index contributed by atoms with van der Waals surface area (Å²) >= 11 is 0. The molecular formula is C12H19N5O2. The van der Waals surface area contributed by atoms with Crippen LogP contribution in [0.1, 0.15) is 26.2 Å². The maximum Gasteiger partial charge on any atom is 0.276 e. The Kier molecular flexibility index (Phi) is 4.03. The van der Waals surface area contributed by atoms with Crippen molar-refractivity contribution in [2.24, 2.45) is 0 Å². The Bertz CT molecular complexity index is 507. The number of nitrogens with two attached hydrogens (primary N) is 1. The second-order valence-electron chi connectivity index (χ2n) is 4.75. The van der Waals surface area contributed by atoms with Crippen LogP contribution >= 0.6 is 0 Å². The van der Waals surface area contributed by atoms with Crippen LogP contribution in [0.4, 0.5) is 11.5 Å². The molecule has 1 aromatic heterocycles. The number of rotatable bonds is 3. The van der Waals surface area contributed by atoms with Crippen LogP contribution in [-0.2, 0) is 4.79 Å². The zero-order valence-corrected chi connectivity index (χ0v) is 11.0. The highest BCUT2D eigenvalue weighted by Crippen LogP contribution is 2.13. The van der Waals surface area contributed by atoms with Crippen LogP contribution in [0.2, 0.25) is 0 Å². The van der Waals surface area contributed by atoms with Gasteiger partial charge in [0.25, 0.3) is 5.56 Å². The van der Waals surface area contributed by atoms with Gasteiger partial charge >= 0.3 is 0 Å². The first-order valence-electron chi connectivity index (χ1n) is 6.48. The molecule has 0 aromatic carbocycles. The summed E-state index contributed by atoms with van der Waals surface area (Å²) in [5, 5.41) is 2.90. The minimum atomic E-state index is -0.449. The molecule has 2 rings (SSSR count). The SMILES string of the molecule is CC(Nc1nc[nH]c(=O)c1N)C(=O)N1CCCCC1. The molecule has 1 unspecified atom stereocenters. The molecule has 0 aliphatic carbocycles. The van der Waals surface area contributed by atoms with Gasteiger partial charge in [-0.15, -0.1) is 0 Å². The van der Waals surface area contributed by atoms with Crippen molar-refractivity contribution >= 4 is 17.4 Å². The molecule has 0 bridgehead atoms. The smallest absolute Gasteiger partial charge is 0.276 e. The number of amides is 1. The van der Waals surface area contributed by atoms with Gasteiger partial charge < -0.3 is 20.9 Å². The standard InChI is InChI=1S/C12H19N5O2/c1-8(12(19)17-5-3-2-4-6-17)16-10-9(13)11(18)15-7-14-10/h7-8H,2-6,13H2,1H3,(H2,14,15,16,18). The largest absolute Gasteiger partial charge is 0.391 e. The van der Waals surface area contributed by atoms with Crippen LogP contribution in [0.5, 0.6) is 0 Å². The highest BCUT2D eigenvalue weighted by atomic mass is 16.2. The molecule has 0 radical (unpaired) electrons. The quantitative estimate of drug-likeness (QED) is 0.722. The highest BCUT2D eigenvalue weighted by Gasteiger charge is 2.22. The Balaban J connectivity index is 2.03. The lowest BCUT2D eigenvalue weighted by molar-refractivity contribution is -0.132. The molecule has 7 nitrogen and oxygen atoms in total. The van der Waals surface area contributed by atoms with Crippen molar-refractivity contribution in [1.29, 1.82) is 0 Å². The van der Waals surface area contributed by atoms with Gasteiger partial charge in [0.05, 0.1) is 6.33 Å². The minimum Gasteiger partial charge on any atom is -0.391 e. The van der Waals surface area contributed by atoms with Crippen molar-refractivity contribution in [2.45, 2.75) is 32.2 Å². The van der Waals surface area contributed by atoms with E-state index in [9.17, 15) is 9.59 Å². The fourth-order valence-corrected chi connectivity index (χ4v) is 2.18.